The molecule has 26 heavy (non-hydrogen) atoms. The van der Waals surface area contributed by atoms with E-state index in [2.05, 4.69) is 6.92 Å². The standard InChI is InChI=1S/C19H27NO5S/c1-19-8-7-12-13(15(19)5-6-18(19)21)4-3-11-9-17(25-26(20,22)23)16(24-2)10-14(11)12/h9-10,12-13,15,18,21H,3-8H2,1-2H3,(H2,20,22,23)/t12?,13?,15?,18-,19-/m0/s1. The van der Waals surface area contributed by atoms with Crippen LogP contribution in [0.25, 0.3) is 0 Å². The van der Waals surface area contributed by atoms with Crippen molar-refractivity contribution >= 4 is 10.3 Å². The van der Waals surface area contributed by atoms with Crippen LogP contribution in [0.1, 0.15) is 56.1 Å². The van der Waals surface area contributed by atoms with Gasteiger partial charge < -0.3 is 14.0 Å². The molecule has 1 aromatic rings. The van der Waals surface area contributed by atoms with Gasteiger partial charge in [-0.05, 0) is 85.0 Å². The molecule has 3 N–H and O–H groups in total. The third-order valence-electron chi connectivity index (χ3n) is 7.16. The Balaban J connectivity index is 1.70. The van der Waals surface area contributed by atoms with Crippen molar-refractivity contribution in [3.63, 3.8) is 0 Å². The molecule has 3 unspecified atom stereocenters. The molecule has 7 heteroatoms. The molecule has 3 aliphatic rings. The van der Waals surface area contributed by atoms with Gasteiger partial charge in [0.2, 0.25) is 0 Å². The fourth-order valence-corrected chi connectivity index (χ4v) is 6.28. The number of hydrogen-bond donors (Lipinski definition) is 2. The highest BCUT2D eigenvalue weighted by Gasteiger charge is 2.54. The van der Waals surface area contributed by atoms with E-state index in [1.807, 2.05) is 6.07 Å². The fourth-order valence-electron chi connectivity index (χ4n) is 5.90. The van der Waals surface area contributed by atoms with E-state index in [1.165, 1.54) is 12.7 Å². The Labute approximate surface area is 154 Å². The second-order valence-electron chi connectivity index (χ2n) is 8.33. The van der Waals surface area contributed by atoms with Crippen LogP contribution in [0.5, 0.6) is 11.5 Å². The first-order valence-corrected chi connectivity index (χ1v) is 10.8. The summed E-state index contributed by atoms with van der Waals surface area (Å²) in [6.07, 6.45) is 5.82. The van der Waals surface area contributed by atoms with Crippen molar-refractivity contribution in [3.05, 3.63) is 23.3 Å². The number of rotatable bonds is 3. The highest BCUT2D eigenvalue weighted by Crippen LogP contribution is 2.61. The molecule has 0 saturated heterocycles. The molecule has 0 aromatic heterocycles. The highest BCUT2D eigenvalue weighted by atomic mass is 32.2. The van der Waals surface area contributed by atoms with E-state index >= 15 is 0 Å². The van der Waals surface area contributed by atoms with Crippen molar-refractivity contribution in [1.82, 2.24) is 0 Å². The van der Waals surface area contributed by atoms with Crippen LogP contribution in [0, 0.1) is 17.3 Å². The molecule has 1 aromatic carbocycles. The molecule has 5 atom stereocenters. The minimum Gasteiger partial charge on any atom is -0.493 e. The molecule has 2 fully saturated rings. The first kappa shape index (κ1) is 18.1. The summed E-state index contributed by atoms with van der Waals surface area (Å²) < 4.78 is 33.0. The van der Waals surface area contributed by atoms with Gasteiger partial charge in [0.05, 0.1) is 13.2 Å². The lowest BCUT2D eigenvalue weighted by Gasteiger charge is -2.50. The SMILES string of the molecule is COc1cc2c(cc1OS(N)(=O)=O)CCC1C2CC[C@@]2(C)C1CC[C@@H]2O. The van der Waals surface area contributed by atoms with Crippen molar-refractivity contribution in [3.8, 4) is 11.5 Å². The first-order valence-electron chi connectivity index (χ1n) is 9.34. The van der Waals surface area contributed by atoms with Gasteiger partial charge in [-0.15, -0.1) is 0 Å². The number of ether oxygens (including phenoxy) is 1. The molecule has 0 bridgehead atoms. The Kier molecular flexibility index (Phi) is 4.24. The van der Waals surface area contributed by atoms with Gasteiger partial charge in [-0.25, -0.2) is 0 Å². The maximum absolute atomic E-state index is 11.3. The molecule has 2 saturated carbocycles. The van der Waals surface area contributed by atoms with E-state index in [0.717, 1.165) is 44.1 Å². The third kappa shape index (κ3) is 2.80. The van der Waals surface area contributed by atoms with Gasteiger partial charge in [0, 0.05) is 0 Å². The summed E-state index contributed by atoms with van der Waals surface area (Å²) in [5.74, 6) is 2.10. The minimum atomic E-state index is -4.09. The number of fused-ring (bicyclic) bond motifs is 5. The molecule has 144 valence electrons. The maximum Gasteiger partial charge on any atom is 0.380 e. The highest BCUT2D eigenvalue weighted by molar-refractivity contribution is 7.84. The predicted octanol–water partition coefficient (Wildman–Crippen LogP) is 2.49. The van der Waals surface area contributed by atoms with Gasteiger partial charge in [0.25, 0.3) is 0 Å². The van der Waals surface area contributed by atoms with E-state index in [9.17, 15) is 13.5 Å². The van der Waals surface area contributed by atoms with E-state index in [0.29, 0.717) is 23.5 Å². The topological polar surface area (TPSA) is 98.9 Å². The van der Waals surface area contributed by atoms with Crippen LogP contribution in [0.2, 0.25) is 0 Å². The number of aliphatic hydroxyl groups is 1. The number of methoxy groups -OCH3 is 1. The summed E-state index contributed by atoms with van der Waals surface area (Å²) in [7, 11) is -2.59. The van der Waals surface area contributed by atoms with E-state index in [4.69, 9.17) is 14.1 Å². The van der Waals surface area contributed by atoms with Crippen LogP contribution in [0.15, 0.2) is 12.1 Å². The predicted molar refractivity (Wildman–Crippen MR) is 97.4 cm³/mol. The quantitative estimate of drug-likeness (QED) is 0.838. The van der Waals surface area contributed by atoms with Gasteiger partial charge in [0.1, 0.15) is 0 Å². The van der Waals surface area contributed by atoms with Crippen molar-refractivity contribution in [2.75, 3.05) is 7.11 Å². The Bertz CT molecular complexity index is 823. The Morgan fingerprint density at radius 2 is 1.96 bits per heavy atom. The summed E-state index contributed by atoms with van der Waals surface area (Å²) in [6, 6.07) is 3.70. The van der Waals surface area contributed by atoms with Crippen molar-refractivity contribution in [2.24, 2.45) is 22.4 Å². The summed E-state index contributed by atoms with van der Waals surface area (Å²) in [4.78, 5) is 0. The number of hydrogen-bond acceptors (Lipinski definition) is 5. The van der Waals surface area contributed by atoms with Crippen LogP contribution in [-0.4, -0.2) is 26.7 Å². The summed E-state index contributed by atoms with van der Waals surface area (Å²) in [5.41, 5.74) is 2.40. The minimum absolute atomic E-state index is 0.0411. The maximum atomic E-state index is 11.3. The molecular formula is C19H27NO5S. The molecule has 0 spiro atoms. The van der Waals surface area contributed by atoms with E-state index in [-0.39, 0.29) is 17.3 Å². The molecule has 6 nitrogen and oxygen atoms in total. The second kappa shape index (κ2) is 6.11. The smallest absolute Gasteiger partial charge is 0.380 e. The third-order valence-corrected chi connectivity index (χ3v) is 7.58. The van der Waals surface area contributed by atoms with Gasteiger partial charge in [-0.3, -0.25) is 0 Å². The Hall–Kier alpha value is -1.31. The van der Waals surface area contributed by atoms with Crippen molar-refractivity contribution in [1.29, 1.82) is 0 Å². The van der Waals surface area contributed by atoms with Gasteiger partial charge in [-0.1, -0.05) is 6.92 Å². The first-order chi connectivity index (χ1) is 12.2. The summed E-state index contributed by atoms with van der Waals surface area (Å²) >= 11 is 0. The number of aliphatic hydroxyl groups excluding tert-OH is 1. The Morgan fingerprint density at radius 1 is 1.19 bits per heavy atom. The second-order valence-corrected chi connectivity index (χ2v) is 9.48. The van der Waals surface area contributed by atoms with Crippen LogP contribution in [0.4, 0.5) is 0 Å². The normalized spacial score (nSPS) is 36.0. The summed E-state index contributed by atoms with van der Waals surface area (Å²) in [5, 5.41) is 15.5. The average molecular weight is 381 g/mol. The van der Waals surface area contributed by atoms with Gasteiger partial charge >= 0.3 is 10.3 Å². The zero-order valence-corrected chi connectivity index (χ0v) is 16.1. The molecule has 0 aliphatic heterocycles. The monoisotopic (exact) mass is 381 g/mol. The lowest BCUT2D eigenvalue weighted by Crippen LogP contribution is -2.43. The lowest BCUT2D eigenvalue weighted by molar-refractivity contribution is -0.0226. The average Bonchev–Trinajstić information content (AvgIpc) is 2.88. The molecule has 0 heterocycles. The lowest BCUT2D eigenvalue weighted by atomic mass is 9.55. The van der Waals surface area contributed by atoms with Crippen LogP contribution in [-0.2, 0) is 16.7 Å². The van der Waals surface area contributed by atoms with Crippen LogP contribution < -0.4 is 14.1 Å². The van der Waals surface area contributed by atoms with Crippen molar-refractivity contribution < 1.29 is 22.4 Å². The number of aryl methyl sites for hydroxylation is 1. The van der Waals surface area contributed by atoms with Crippen LogP contribution >= 0.6 is 0 Å². The number of benzene rings is 1. The van der Waals surface area contributed by atoms with E-state index in [1.54, 1.807) is 6.07 Å². The van der Waals surface area contributed by atoms with Crippen molar-refractivity contribution in [2.45, 2.75) is 57.5 Å². The zero-order valence-electron chi connectivity index (χ0n) is 15.3. The molecule has 0 amide bonds. The Morgan fingerprint density at radius 3 is 2.65 bits per heavy atom. The molecule has 4 rings (SSSR count). The van der Waals surface area contributed by atoms with Crippen LogP contribution in [0.3, 0.4) is 0 Å². The zero-order chi connectivity index (χ0) is 18.7. The largest absolute Gasteiger partial charge is 0.493 e. The molecule has 0 radical (unpaired) electrons. The van der Waals surface area contributed by atoms with Gasteiger partial charge in [-0.2, -0.15) is 13.6 Å². The molecule has 3 aliphatic carbocycles. The summed E-state index contributed by atoms with van der Waals surface area (Å²) in [6.45, 7) is 2.25. The van der Waals surface area contributed by atoms with Gasteiger partial charge in [0.15, 0.2) is 11.5 Å². The van der Waals surface area contributed by atoms with E-state index < -0.39 is 10.3 Å². The fraction of sp³-hybridized carbons (Fsp3) is 0.684. The number of nitrogens with two attached hydrogens (primary N) is 1. The molecular weight excluding hydrogens is 354 g/mol.